The SMILES string of the molecule is CCCC[C@H](CC)CNC(=O)c1noc2c1CCc1ccc(OC)cc1-2. The van der Waals surface area contributed by atoms with Gasteiger partial charge in [0.2, 0.25) is 0 Å². The first-order chi connectivity index (χ1) is 12.7. The van der Waals surface area contributed by atoms with Crippen LogP contribution >= 0.6 is 0 Å². The fourth-order valence-corrected chi connectivity index (χ4v) is 3.57. The van der Waals surface area contributed by atoms with E-state index in [-0.39, 0.29) is 5.91 Å². The fourth-order valence-electron chi connectivity index (χ4n) is 3.57. The first-order valence-electron chi connectivity index (χ1n) is 9.61. The van der Waals surface area contributed by atoms with Crippen molar-refractivity contribution >= 4 is 5.91 Å². The van der Waals surface area contributed by atoms with E-state index >= 15 is 0 Å². The van der Waals surface area contributed by atoms with Gasteiger partial charge in [0.25, 0.3) is 5.91 Å². The molecule has 0 fully saturated rings. The van der Waals surface area contributed by atoms with Crippen molar-refractivity contribution in [3.05, 3.63) is 35.0 Å². The predicted octanol–water partition coefficient (Wildman–Crippen LogP) is 4.40. The number of carbonyl (C=O) groups is 1. The zero-order chi connectivity index (χ0) is 18.5. The number of aryl methyl sites for hydroxylation is 1. The van der Waals surface area contributed by atoms with Crippen LogP contribution in [0.2, 0.25) is 0 Å². The lowest BCUT2D eigenvalue weighted by Crippen LogP contribution is -2.30. The van der Waals surface area contributed by atoms with Gasteiger partial charge in [-0.2, -0.15) is 0 Å². The number of unbranched alkanes of at least 4 members (excludes halogenated alkanes) is 1. The summed E-state index contributed by atoms with van der Waals surface area (Å²) in [5.74, 6) is 1.87. The molecular formula is C21H28N2O3. The van der Waals surface area contributed by atoms with E-state index in [9.17, 15) is 4.79 Å². The number of hydrogen-bond acceptors (Lipinski definition) is 4. The molecule has 1 aliphatic carbocycles. The molecule has 0 spiro atoms. The molecule has 26 heavy (non-hydrogen) atoms. The average Bonchev–Trinajstić information content (AvgIpc) is 3.12. The lowest BCUT2D eigenvalue weighted by Gasteiger charge is -2.17. The van der Waals surface area contributed by atoms with Crippen LogP contribution in [-0.4, -0.2) is 24.7 Å². The number of fused-ring (bicyclic) bond motifs is 3. The molecule has 1 N–H and O–H groups in total. The maximum Gasteiger partial charge on any atom is 0.273 e. The number of ether oxygens (including phenoxy) is 1. The average molecular weight is 356 g/mol. The van der Waals surface area contributed by atoms with Crippen LogP contribution in [0.3, 0.4) is 0 Å². The van der Waals surface area contributed by atoms with Gasteiger partial charge in [-0.15, -0.1) is 0 Å². The van der Waals surface area contributed by atoms with E-state index in [1.807, 2.05) is 12.1 Å². The number of nitrogens with zero attached hydrogens (tertiary/aromatic N) is 1. The largest absolute Gasteiger partial charge is 0.497 e. The Balaban J connectivity index is 1.75. The highest BCUT2D eigenvalue weighted by Crippen LogP contribution is 2.37. The molecule has 0 unspecified atom stereocenters. The number of hydrogen-bond donors (Lipinski definition) is 1. The van der Waals surface area contributed by atoms with E-state index in [1.165, 1.54) is 18.4 Å². The summed E-state index contributed by atoms with van der Waals surface area (Å²) in [6, 6.07) is 5.96. The molecule has 0 aliphatic heterocycles. The third-order valence-electron chi connectivity index (χ3n) is 5.30. The maximum absolute atomic E-state index is 12.6. The zero-order valence-electron chi connectivity index (χ0n) is 15.9. The summed E-state index contributed by atoms with van der Waals surface area (Å²) in [4.78, 5) is 12.6. The number of amides is 1. The van der Waals surface area contributed by atoms with Gasteiger partial charge in [0.15, 0.2) is 11.5 Å². The lowest BCUT2D eigenvalue weighted by molar-refractivity contribution is 0.0936. The summed E-state index contributed by atoms with van der Waals surface area (Å²) >= 11 is 0. The van der Waals surface area contributed by atoms with E-state index in [4.69, 9.17) is 9.26 Å². The second-order valence-corrected chi connectivity index (χ2v) is 6.99. The van der Waals surface area contributed by atoms with Crippen LogP contribution in [-0.2, 0) is 12.8 Å². The van der Waals surface area contributed by atoms with Crippen molar-refractivity contribution in [1.29, 1.82) is 0 Å². The summed E-state index contributed by atoms with van der Waals surface area (Å²) in [7, 11) is 1.65. The number of carbonyl (C=O) groups excluding carboxylic acids is 1. The molecule has 0 bridgehead atoms. The van der Waals surface area contributed by atoms with E-state index < -0.39 is 0 Å². The van der Waals surface area contributed by atoms with Crippen LogP contribution in [0, 0.1) is 5.92 Å². The highest BCUT2D eigenvalue weighted by Gasteiger charge is 2.28. The smallest absolute Gasteiger partial charge is 0.273 e. The highest BCUT2D eigenvalue weighted by atomic mass is 16.5. The number of aromatic nitrogens is 1. The molecule has 2 aromatic rings. The highest BCUT2D eigenvalue weighted by molar-refractivity contribution is 5.95. The van der Waals surface area contributed by atoms with Crippen LogP contribution < -0.4 is 10.1 Å². The molecule has 1 atom stereocenters. The van der Waals surface area contributed by atoms with E-state index in [0.29, 0.717) is 23.9 Å². The standard InChI is InChI=1S/C21H28N2O3/c1-4-6-7-14(5-2)13-22-21(24)19-17-11-9-15-8-10-16(25-3)12-18(15)20(17)26-23-19/h8,10,12,14H,4-7,9,11,13H2,1-3H3,(H,22,24)/t14-/m0/s1. The Morgan fingerprint density at radius 2 is 2.19 bits per heavy atom. The number of rotatable bonds is 8. The minimum atomic E-state index is -0.128. The first kappa shape index (κ1) is 18.5. The molecule has 0 saturated carbocycles. The molecule has 1 aromatic heterocycles. The second-order valence-electron chi connectivity index (χ2n) is 6.99. The van der Waals surface area contributed by atoms with Gasteiger partial charge in [0, 0.05) is 17.7 Å². The van der Waals surface area contributed by atoms with Crippen molar-refractivity contribution in [2.75, 3.05) is 13.7 Å². The Morgan fingerprint density at radius 1 is 1.35 bits per heavy atom. The Bertz CT molecular complexity index is 767. The summed E-state index contributed by atoms with van der Waals surface area (Å²) in [6.07, 6.45) is 6.26. The van der Waals surface area contributed by atoms with E-state index in [2.05, 4.69) is 30.4 Å². The van der Waals surface area contributed by atoms with Gasteiger partial charge in [-0.25, -0.2) is 0 Å². The second kappa shape index (κ2) is 8.39. The Labute approximate surface area is 155 Å². The Hall–Kier alpha value is -2.30. The minimum Gasteiger partial charge on any atom is -0.497 e. The predicted molar refractivity (Wildman–Crippen MR) is 102 cm³/mol. The zero-order valence-corrected chi connectivity index (χ0v) is 15.9. The van der Waals surface area contributed by atoms with Crippen molar-refractivity contribution < 1.29 is 14.1 Å². The van der Waals surface area contributed by atoms with Gasteiger partial charge in [-0.1, -0.05) is 44.3 Å². The van der Waals surface area contributed by atoms with E-state index in [1.54, 1.807) is 7.11 Å². The van der Waals surface area contributed by atoms with Crippen molar-refractivity contribution in [2.45, 2.75) is 52.4 Å². The molecular weight excluding hydrogens is 328 g/mol. The Kier molecular flexibility index (Phi) is 5.96. The van der Waals surface area contributed by atoms with Crippen LogP contribution in [0.1, 0.15) is 61.1 Å². The summed E-state index contributed by atoms with van der Waals surface area (Å²) in [5.41, 5.74) is 3.52. The third kappa shape index (κ3) is 3.76. The van der Waals surface area contributed by atoms with Crippen LogP contribution in [0.4, 0.5) is 0 Å². The van der Waals surface area contributed by atoms with Crippen LogP contribution in [0.5, 0.6) is 5.75 Å². The number of benzene rings is 1. The normalized spacial score (nSPS) is 13.7. The Morgan fingerprint density at radius 3 is 2.92 bits per heavy atom. The first-order valence-corrected chi connectivity index (χ1v) is 9.61. The molecule has 0 radical (unpaired) electrons. The van der Waals surface area contributed by atoms with Crippen LogP contribution in [0.25, 0.3) is 11.3 Å². The van der Waals surface area contributed by atoms with Gasteiger partial charge >= 0.3 is 0 Å². The molecule has 3 rings (SSSR count). The van der Waals surface area contributed by atoms with Gasteiger partial charge in [-0.05, 0) is 42.9 Å². The molecule has 5 nitrogen and oxygen atoms in total. The quantitative estimate of drug-likeness (QED) is 0.761. The van der Waals surface area contributed by atoms with Crippen molar-refractivity contribution in [3.8, 4) is 17.1 Å². The number of methoxy groups -OCH3 is 1. The molecule has 1 aromatic carbocycles. The maximum atomic E-state index is 12.6. The van der Waals surface area contributed by atoms with Crippen molar-refractivity contribution in [1.82, 2.24) is 10.5 Å². The fraction of sp³-hybridized carbons (Fsp3) is 0.524. The molecule has 5 heteroatoms. The van der Waals surface area contributed by atoms with Gasteiger partial charge in [0.05, 0.1) is 7.11 Å². The third-order valence-corrected chi connectivity index (χ3v) is 5.30. The van der Waals surface area contributed by atoms with E-state index in [0.717, 1.165) is 42.6 Å². The van der Waals surface area contributed by atoms with Gasteiger partial charge < -0.3 is 14.6 Å². The molecule has 1 heterocycles. The van der Waals surface area contributed by atoms with Crippen LogP contribution in [0.15, 0.2) is 22.7 Å². The lowest BCUT2D eigenvalue weighted by atomic mass is 9.89. The molecule has 1 aliphatic rings. The number of nitrogens with one attached hydrogen (secondary N) is 1. The topological polar surface area (TPSA) is 64.4 Å². The van der Waals surface area contributed by atoms with Gasteiger partial charge in [-0.3, -0.25) is 4.79 Å². The molecule has 140 valence electrons. The summed E-state index contributed by atoms with van der Waals surface area (Å²) in [5, 5.41) is 7.15. The van der Waals surface area contributed by atoms with Crippen molar-refractivity contribution in [2.24, 2.45) is 5.92 Å². The minimum absolute atomic E-state index is 0.128. The summed E-state index contributed by atoms with van der Waals surface area (Å²) in [6.45, 7) is 5.07. The van der Waals surface area contributed by atoms with Crippen molar-refractivity contribution in [3.63, 3.8) is 0 Å². The van der Waals surface area contributed by atoms with Gasteiger partial charge in [0.1, 0.15) is 5.75 Å². The molecule has 0 saturated heterocycles. The summed E-state index contributed by atoms with van der Waals surface area (Å²) < 4.78 is 10.9. The monoisotopic (exact) mass is 356 g/mol. The molecule has 1 amide bonds.